The summed E-state index contributed by atoms with van der Waals surface area (Å²) in [4.78, 5) is 33.7. The van der Waals surface area contributed by atoms with Crippen molar-refractivity contribution >= 4 is 34.8 Å². The van der Waals surface area contributed by atoms with Crippen LogP contribution in [-0.2, 0) is 12.3 Å². The number of hydrogen-bond donors (Lipinski definition) is 5. The molecule has 7 rings (SSSR count). The third-order valence-electron chi connectivity index (χ3n) is 9.65. The molecule has 1 atom stereocenters. The van der Waals surface area contributed by atoms with E-state index in [1.165, 1.54) is 54.7 Å². The SMILES string of the molecule is O=C(NC[C@H](CC(F)(F)c1cc(-c2[nH]c3c(c2Nc2cccc(F)c2Cl)C(=O)NC2(CCC2)C3)ccn1)c1ccc(F)cc1)c1ccccc1O. The van der Waals surface area contributed by atoms with Crippen molar-refractivity contribution in [2.24, 2.45) is 0 Å². The Kier molecular flexibility index (Phi) is 8.96. The molecule has 1 aliphatic carbocycles. The largest absolute Gasteiger partial charge is 0.507 e. The van der Waals surface area contributed by atoms with Crippen molar-refractivity contribution in [2.45, 2.75) is 49.5 Å². The molecule has 3 heterocycles. The van der Waals surface area contributed by atoms with Crippen molar-refractivity contribution in [3.63, 3.8) is 0 Å². The first-order valence-electron chi connectivity index (χ1n) is 16.4. The van der Waals surface area contributed by atoms with Gasteiger partial charge < -0.3 is 26.0 Å². The van der Waals surface area contributed by atoms with Gasteiger partial charge in [0, 0.05) is 48.3 Å². The Hall–Kier alpha value is -5.36. The fourth-order valence-electron chi connectivity index (χ4n) is 6.82. The van der Waals surface area contributed by atoms with Gasteiger partial charge in [-0.3, -0.25) is 14.6 Å². The zero-order valence-corrected chi connectivity index (χ0v) is 27.8. The van der Waals surface area contributed by atoms with Gasteiger partial charge in [0.05, 0.1) is 33.2 Å². The summed E-state index contributed by atoms with van der Waals surface area (Å²) in [5, 5.41) is 18.7. The molecule has 0 saturated heterocycles. The molecule has 5 N–H and O–H groups in total. The monoisotopic (exact) mass is 717 g/mol. The number of phenols is 1. The predicted molar refractivity (Wildman–Crippen MR) is 185 cm³/mol. The number of rotatable bonds is 10. The van der Waals surface area contributed by atoms with Crippen LogP contribution in [0.1, 0.15) is 69.3 Å². The number of hydrogen-bond acceptors (Lipinski definition) is 5. The summed E-state index contributed by atoms with van der Waals surface area (Å²) in [7, 11) is 0. The number of carbonyl (C=O) groups is 2. The molecule has 2 aliphatic rings. The number of para-hydroxylation sites is 1. The van der Waals surface area contributed by atoms with Crippen molar-refractivity contribution < 1.29 is 32.3 Å². The maximum absolute atomic E-state index is 16.3. The van der Waals surface area contributed by atoms with Gasteiger partial charge in [0.1, 0.15) is 23.1 Å². The fraction of sp³-hybridized carbons (Fsp3) is 0.237. The lowest BCUT2D eigenvalue weighted by molar-refractivity contribution is -0.0245. The molecule has 2 amide bonds. The van der Waals surface area contributed by atoms with E-state index in [1.807, 2.05) is 0 Å². The lowest BCUT2D eigenvalue weighted by Gasteiger charge is -2.45. The van der Waals surface area contributed by atoms with Crippen LogP contribution in [0.2, 0.25) is 5.02 Å². The number of halogens is 5. The Balaban J connectivity index is 1.22. The van der Waals surface area contributed by atoms with Gasteiger partial charge in [-0.2, -0.15) is 8.78 Å². The van der Waals surface area contributed by atoms with E-state index in [0.29, 0.717) is 23.4 Å². The van der Waals surface area contributed by atoms with Crippen LogP contribution in [0.25, 0.3) is 11.3 Å². The van der Waals surface area contributed by atoms with E-state index in [0.717, 1.165) is 31.4 Å². The Bertz CT molecular complexity index is 2130. The van der Waals surface area contributed by atoms with E-state index in [-0.39, 0.29) is 56.8 Å². The van der Waals surface area contributed by atoms with Crippen LogP contribution in [-0.4, -0.2) is 39.0 Å². The summed E-state index contributed by atoms with van der Waals surface area (Å²) in [5.41, 5.74) is 1.30. The van der Waals surface area contributed by atoms with E-state index in [9.17, 15) is 23.5 Å². The van der Waals surface area contributed by atoms with Crippen LogP contribution in [0, 0.1) is 11.6 Å². The Morgan fingerprint density at radius 3 is 2.53 bits per heavy atom. The number of aromatic hydroxyl groups is 1. The number of carbonyl (C=O) groups excluding carboxylic acids is 2. The second-order valence-electron chi connectivity index (χ2n) is 13.0. The number of alkyl halides is 2. The number of benzene rings is 3. The average Bonchev–Trinajstić information content (AvgIpc) is 3.46. The van der Waals surface area contributed by atoms with Crippen LogP contribution < -0.4 is 16.0 Å². The van der Waals surface area contributed by atoms with E-state index in [1.54, 1.807) is 18.2 Å². The highest BCUT2D eigenvalue weighted by atomic mass is 35.5. The average molecular weight is 718 g/mol. The second kappa shape index (κ2) is 13.4. The number of pyridine rings is 1. The number of phenolic OH excluding ortho intramolecular Hbond substituents is 1. The van der Waals surface area contributed by atoms with Gasteiger partial charge >= 0.3 is 0 Å². The third-order valence-corrected chi connectivity index (χ3v) is 10.0. The van der Waals surface area contributed by atoms with Crippen molar-refractivity contribution in [3.05, 3.63) is 130 Å². The van der Waals surface area contributed by atoms with Crippen LogP contribution in [0.15, 0.2) is 85.1 Å². The van der Waals surface area contributed by atoms with Gasteiger partial charge in [0.15, 0.2) is 0 Å². The molecule has 13 heteroatoms. The number of aromatic nitrogens is 2. The molecule has 51 heavy (non-hydrogen) atoms. The molecule has 262 valence electrons. The molecule has 8 nitrogen and oxygen atoms in total. The molecular formula is C38H32ClF4N5O3. The summed E-state index contributed by atoms with van der Waals surface area (Å²) in [5.74, 6) is -7.05. The number of H-pyrrole nitrogens is 1. The zero-order chi connectivity index (χ0) is 35.9. The van der Waals surface area contributed by atoms with Crippen molar-refractivity contribution in [1.29, 1.82) is 0 Å². The van der Waals surface area contributed by atoms with Crippen molar-refractivity contribution in [1.82, 2.24) is 20.6 Å². The molecule has 1 spiro atoms. The summed E-state index contributed by atoms with van der Waals surface area (Å²) in [6.45, 7) is -0.253. The van der Waals surface area contributed by atoms with Gasteiger partial charge in [0.2, 0.25) is 0 Å². The minimum absolute atomic E-state index is 0.0222. The highest BCUT2D eigenvalue weighted by Crippen LogP contribution is 2.45. The summed E-state index contributed by atoms with van der Waals surface area (Å²) in [6, 6.07) is 17.9. The van der Waals surface area contributed by atoms with E-state index < -0.39 is 41.5 Å². The number of anilines is 2. The highest BCUT2D eigenvalue weighted by molar-refractivity contribution is 6.33. The maximum Gasteiger partial charge on any atom is 0.290 e. The molecule has 0 bridgehead atoms. The first-order chi connectivity index (χ1) is 24.4. The predicted octanol–water partition coefficient (Wildman–Crippen LogP) is 8.36. The van der Waals surface area contributed by atoms with Crippen LogP contribution in [0.3, 0.4) is 0 Å². The Labute approximate surface area is 295 Å². The summed E-state index contributed by atoms with van der Waals surface area (Å²) < 4.78 is 60.9. The topological polar surface area (TPSA) is 119 Å². The van der Waals surface area contributed by atoms with Crippen LogP contribution in [0.5, 0.6) is 5.75 Å². The number of nitrogens with zero attached hydrogens (tertiary/aromatic N) is 1. The van der Waals surface area contributed by atoms with Gasteiger partial charge in [-0.15, -0.1) is 0 Å². The molecule has 1 saturated carbocycles. The number of aromatic amines is 1. The first kappa shape index (κ1) is 34.1. The van der Waals surface area contributed by atoms with Gasteiger partial charge in [-0.25, -0.2) is 8.78 Å². The molecule has 1 aliphatic heterocycles. The zero-order valence-electron chi connectivity index (χ0n) is 27.0. The lowest BCUT2D eigenvalue weighted by Crippen LogP contribution is -2.57. The van der Waals surface area contributed by atoms with Crippen molar-refractivity contribution in [2.75, 3.05) is 11.9 Å². The van der Waals surface area contributed by atoms with E-state index in [2.05, 4.69) is 25.9 Å². The molecule has 1 fully saturated rings. The molecule has 0 radical (unpaired) electrons. The summed E-state index contributed by atoms with van der Waals surface area (Å²) >= 11 is 6.27. The third kappa shape index (κ3) is 6.75. The maximum atomic E-state index is 16.3. The van der Waals surface area contributed by atoms with Gasteiger partial charge in [-0.05, 0) is 73.4 Å². The molecule has 2 aromatic heterocycles. The molecular weight excluding hydrogens is 686 g/mol. The smallest absolute Gasteiger partial charge is 0.290 e. The standard InChI is InChI=1S/C38H32ClF4N5O3/c39-32-26(41)6-3-7-27(32)46-34-31-28(19-37(14-4-15-37)48-36(31)51)47-33(34)22-13-16-44-30(17-22)38(42,43)18-23(21-9-11-24(40)12-10-21)20-45-35(50)25-5-1-2-8-29(25)49/h1-3,5-13,16-17,23,46-47,49H,4,14-15,18-20H2,(H,45,50)(H,48,51)/t23-/m0/s1. The minimum Gasteiger partial charge on any atom is -0.507 e. The summed E-state index contributed by atoms with van der Waals surface area (Å²) in [6.07, 6.45) is 3.49. The molecule has 5 aromatic rings. The number of amides is 2. The number of nitrogens with one attached hydrogen (secondary N) is 4. The Morgan fingerprint density at radius 2 is 1.80 bits per heavy atom. The van der Waals surface area contributed by atoms with Crippen molar-refractivity contribution in [3.8, 4) is 17.0 Å². The lowest BCUT2D eigenvalue weighted by atomic mass is 9.71. The van der Waals surface area contributed by atoms with E-state index in [4.69, 9.17) is 11.6 Å². The van der Waals surface area contributed by atoms with Crippen LogP contribution >= 0.6 is 11.6 Å². The highest BCUT2D eigenvalue weighted by Gasteiger charge is 2.45. The van der Waals surface area contributed by atoms with Gasteiger partial charge in [0.25, 0.3) is 17.7 Å². The minimum atomic E-state index is -3.56. The quantitative estimate of drug-likeness (QED) is 0.0931. The van der Waals surface area contributed by atoms with Crippen LogP contribution in [0.4, 0.5) is 28.9 Å². The van der Waals surface area contributed by atoms with Gasteiger partial charge in [-0.1, -0.05) is 41.9 Å². The Morgan fingerprint density at radius 1 is 1.04 bits per heavy atom. The number of fused-ring (bicyclic) bond motifs is 1. The molecule has 3 aromatic carbocycles. The normalized spacial score (nSPS) is 15.4. The second-order valence-corrected chi connectivity index (χ2v) is 13.4. The van der Waals surface area contributed by atoms with E-state index >= 15 is 8.78 Å². The fourth-order valence-corrected chi connectivity index (χ4v) is 7.00. The first-order valence-corrected chi connectivity index (χ1v) is 16.8. The molecule has 0 unspecified atom stereocenters.